The first kappa shape index (κ1) is 15.6. The highest BCUT2D eigenvalue weighted by Crippen LogP contribution is 2.04. The van der Waals surface area contributed by atoms with E-state index in [1.54, 1.807) is 11.8 Å². The van der Waals surface area contributed by atoms with Crippen LogP contribution in [0.15, 0.2) is 30.3 Å². The highest BCUT2D eigenvalue weighted by Gasteiger charge is 2.18. The van der Waals surface area contributed by atoms with Crippen molar-refractivity contribution < 1.29 is 9.59 Å². The van der Waals surface area contributed by atoms with E-state index < -0.39 is 11.9 Å². The molecule has 0 aromatic heterocycles. The number of carbonyl (C=O) groups excluding carboxylic acids is 2. The molecule has 104 valence electrons. The summed E-state index contributed by atoms with van der Waals surface area (Å²) >= 11 is 1.70. The lowest BCUT2D eigenvalue weighted by Crippen LogP contribution is -2.45. The lowest BCUT2D eigenvalue weighted by atomic mass is 10.1. The van der Waals surface area contributed by atoms with Crippen molar-refractivity contribution in [1.29, 1.82) is 0 Å². The molecule has 1 aromatic rings. The largest absolute Gasteiger partial charge is 0.368 e. The van der Waals surface area contributed by atoms with Crippen molar-refractivity contribution in [3.8, 4) is 0 Å². The van der Waals surface area contributed by atoms with Crippen molar-refractivity contribution >= 4 is 23.6 Å². The van der Waals surface area contributed by atoms with Gasteiger partial charge < -0.3 is 11.1 Å². The molecule has 2 amide bonds. The van der Waals surface area contributed by atoms with Crippen LogP contribution in [0.2, 0.25) is 0 Å². The van der Waals surface area contributed by atoms with Gasteiger partial charge in [0.15, 0.2) is 0 Å². The van der Waals surface area contributed by atoms with Crippen molar-refractivity contribution in [3.63, 3.8) is 0 Å². The predicted molar refractivity (Wildman–Crippen MR) is 78.9 cm³/mol. The average Bonchev–Trinajstić information content (AvgIpc) is 2.39. The van der Waals surface area contributed by atoms with Crippen LogP contribution in [0.4, 0.5) is 0 Å². The summed E-state index contributed by atoms with van der Waals surface area (Å²) in [5.41, 5.74) is 6.31. The molecule has 0 aliphatic rings. The van der Waals surface area contributed by atoms with Crippen LogP contribution in [0.3, 0.4) is 0 Å². The molecule has 5 heteroatoms. The molecular weight excluding hydrogens is 260 g/mol. The van der Waals surface area contributed by atoms with E-state index in [2.05, 4.69) is 5.32 Å². The van der Waals surface area contributed by atoms with Crippen molar-refractivity contribution in [2.24, 2.45) is 5.73 Å². The van der Waals surface area contributed by atoms with E-state index in [0.717, 1.165) is 17.1 Å². The molecule has 0 heterocycles. The summed E-state index contributed by atoms with van der Waals surface area (Å²) in [4.78, 5) is 23.1. The maximum Gasteiger partial charge on any atom is 0.240 e. The minimum Gasteiger partial charge on any atom is -0.368 e. The molecule has 3 N–H and O–H groups in total. The Morgan fingerprint density at radius 2 is 2.00 bits per heavy atom. The number of rotatable bonds is 8. The van der Waals surface area contributed by atoms with Gasteiger partial charge in [-0.25, -0.2) is 0 Å². The van der Waals surface area contributed by atoms with Gasteiger partial charge in [0.2, 0.25) is 11.8 Å². The number of benzene rings is 1. The quantitative estimate of drug-likeness (QED) is 0.706. The first-order valence-corrected chi connectivity index (χ1v) is 7.49. The maximum absolute atomic E-state index is 11.7. The monoisotopic (exact) mass is 280 g/mol. The minimum absolute atomic E-state index is 0.124. The van der Waals surface area contributed by atoms with Gasteiger partial charge in [-0.2, -0.15) is 11.8 Å². The Hall–Kier alpha value is -1.49. The van der Waals surface area contributed by atoms with Crippen LogP contribution in [0.1, 0.15) is 18.9 Å². The molecule has 0 saturated carbocycles. The summed E-state index contributed by atoms with van der Waals surface area (Å²) in [6, 6.07) is 8.88. The van der Waals surface area contributed by atoms with Gasteiger partial charge in [-0.15, -0.1) is 0 Å². The Morgan fingerprint density at radius 1 is 1.32 bits per heavy atom. The number of amides is 2. The summed E-state index contributed by atoms with van der Waals surface area (Å²) in [6.45, 7) is 2.05. The normalized spacial score (nSPS) is 11.8. The second-order valence-corrected chi connectivity index (χ2v) is 5.55. The van der Waals surface area contributed by atoms with E-state index in [9.17, 15) is 9.59 Å². The molecule has 0 spiro atoms. The van der Waals surface area contributed by atoms with Crippen LogP contribution in [0, 0.1) is 0 Å². The molecule has 0 bridgehead atoms. The predicted octanol–water partition coefficient (Wildman–Crippen LogP) is 1.34. The SMILES string of the molecule is CCSCCC(=O)NC(Cc1ccccc1)C(N)=O. The molecule has 0 saturated heterocycles. The molecule has 1 aromatic carbocycles. The second-order valence-electron chi connectivity index (χ2n) is 4.16. The third-order valence-corrected chi connectivity index (χ3v) is 3.54. The van der Waals surface area contributed by atoms with Gasteiger partial charge in [0.05, 0.1) is 0 Å². The van der Waals surface area contributed by atoms with Crippen LogP contribution in [-0.2, 0) is 16.0 Å². The Bertz CT molecular complexity index is 409. The first-order chi connectivity index (χ1) is 9.13. The Labute approximate surface area is 118 Å². The Morgan fingerprint density at radius 3 is 2.58 bits per heavy atom. The van der Waals surface area contributed by atoms with Crippen molar-refractivity contribution in [2.45, 2.75) is 25.8 Å². The van der Waals surface area contributed by atoms with Gasteiger partial charge in [-0.05, 0) is 11.3 Å². The van der Waals surface area contributed by atoms with Crippen LogP contribution in [0.5, 0.6) is 0 Å². The highest BCUT2D eigenvalue weighted by atomic mass is 32.2. The Kier molecular flexibility index (Phi) is 7.03. The van der Waals surface area contributed by atoms with E-state index in [0.29, 0.717) is 12.8 Å². The number of nitrogens with two attached hydrogens (primary N) is 1. The summed E-state index contributed by atoms with van der Waals surface area (Å²) in [7, 11) is 0. The second kappa shape index (κ2) is 8.58. The Balaban J connectivity index is 2.49. The number of nitrogens with one attached hydrogen (secondary N) is 1. The number of hydrogen-bond donors (Lipinski definition) is 2. The summed E-state index contributed by atoms with van der Waals surface area (Å²) in [6.07, 6.45) is 0.847. The van der Waals surface area contributed by atoms with Gasteiger partial charge in [0, 0.05) is 18.6 Å². The zero-order chi connectivity index (χ0) is 14.1. The molecule has 0 aliphatic heterocycles. The summed E-state index contributed by atoms with van der Waals surface area (Å²) in [5, 5.41) is 2.70. The van der Waals surface area contributed by atoms with Gasteiger partial charge in [0.1, 0.15) is 6.04 Å². The minimum atomic E-state index is -0.637. The molecule has 19 heavy (non-hydrogen) atoms. The first-order valence-electron chi connectivity index (χ1n) is 6.33. The average molecular weight is 280 g/mol. The molecule has 1 unspecified atom stereocenters. The topological polar surface area (TPSA) is 72.2 Å². The van der Waals surface area contributed by atoms with Gasteiger partial charge in [-0.1, -0.05) is 37.3 Å². The third kappa shape index (κ3) is 6.29. The molecule has 1 atom stereocenters. The maximum atomic E-state index is 11.7. The molecule has 0 fully saturated rings. The van der Waals surface area contributed by atoms with Crippen LogP contribution in [0.25, 0.3) is 0 Å². The van der Waals surface area contributed by atoms with E-state index in [1.807, 2.05) is 37.3 Å². The molecule has 4 nitrogen and oxygen atoms in total. The van der Waals surface area contributed by atoms with Crippen LogP contribution >= 0.6 is 11.8 Å². The lowest BCUT2D eigenvalue weighted by molar-refractivity contribution is -0.127. The zero-order valence-electron chi connectivity index (χ0n) is 11.1. The number of primary amides is 1. The fourth-order valence-corrected chi connectivity index (χ4v) is 2.27. The summed E-state index contributed by atoms with van der Waals surface area (Å²) in [5.74, 6) is 1.12. The standard InChI is InChI=1S/C14H20N2O2S/c1-2-19-9-8-13(17)16-12(14(15)18)10-11-6-4-3-5-7-11/h3-7,12H,2,8-10H2,1H3,(H2,15,18)(H,16,17). The van der Waals surface area contributed by atoms with Crippen LogP contribution in [-0.4, -0.2) is 29.4 Å². The number of hydrogen-bond acceptors (Lipinski definition) is 3. The van der Waals surface area contributed by atoms with E-state index in [-0.39, 0.29) is 5.91 Å². The smallest absolute Gasteiger partial charge is 0.240 e. The van der Waals surface area contributed by atoms with E-state index >= 15 is 0 Å². The number of carbonyl (C=O) groups is 2. The molecule has 0 aliphatic carbocycles. The molecular formula is C14H20N2O2S. The number of thioether (sulfide) groups is 1. The van der Waals surface area contributed by atoms with Gasteiger partial charge in [0.25, 0.3) is 0 Å². The lowest BCUT2D eigenvalue weighted by Gasteiger charge is -2.15. The van der Waals surface area contributed by atoms with Gasteiger partial charge >= 0.3 is 0 Å². The van der Waals surface area contributed by atoms with E-state index in [4.69, 9.17) is 5.73 Å². The molecule has 0 radical (unpaired) electrons. The summed E-state index contributed by atoms with van der Waals surface area (Å²) < 4.78 is 0. The zero-order valence-corrected chi connectivity index (χ0v) is 11.9. The van der Waals surface area contributed by atoms with Crippen LogP contribution < -0.4 is 11.1 Å². The van der Waals surface area contributed by atoms with Crippen molar-refractivity contribution in [2.75, 3.05) is 11.5 Å². The van der Waals surface area contributed by atoms with Crippen molar-refractivity contribution in [1.82, 2.24) is 5.32 Å². The van der Waals surface area contributed by atoms with Crippen molar-refractivity contribution in [3.05, 3.63) is 35.9 Å². The fourth-order valence-electron chi connectivity index (χ4n) is 1.65. The third-order valence-electron chi connectivity index (χ3n) is 2.64. The van der Waals surface area contributed by atoms with E-state index in [1.165, 1.54) is 0 Å². The highest BCUT2D eigenvalue weighted by molar-refractivity contribution is 7.99. The fraction of sp³-hybridized carbons (Fsp3) is 0.429. The van der Waals surface area contributed by atoms with Gasteiger partial charge in [-0.3, -0.25) is 9.59 Å². The molecule has 1 rings (SSSR count).